The van der Waals surface area contributed by atoms with E-state index < -0.39 is 29.5 Å². The van der Waals surface area contributed by atoms with Crippen LogP contribution in [0.15, 0.2) is 35.9 Å². The van der Waals surface area contributed by atoms with Gasteiger partial charge >= 0.3 is 5.97 Å². The normalized spacial score (nSPS) is 30.4. The molecule has 1 saturated heterocycles. The molecule has 294 valence electrons. The number of allylic oxidation sites excluding steroid dienone is 3. The third-order valence-corrected chi connectivity index (χ3v) is 10.7. The molecule has 8 atom stereocenters. The van der Waals surface area contributed by atoms with Gasteiger partial charge in [-0.15, -0.1) is 0 Å². The largest absolute Gasteiger partial charge is 0.496 e. The van der Waals surface area contributed by atoms with Crippen LogP contribution in [0.1, 0.15) is 106 Å². The van der Waals surface area contributed by atoms with E-state index in [4.69, 9.17) is 18.9 Å². The molecule has 2 N–H and O–H groups in total. The highest BCUT2D eigenvalue weighted by Crippen LogP contribution is 2.49. The van der Waals surface area contributed by atoms with Crippen molar-refractivity contribution in [2.75, 3.05) is 31.9 Å². The Kier molecular flexibility index (Phi) is 17.9. The highest BCUT2D eigenvalue weighted by atomic mass is 32.1. The Morgan fingerprint density at radius 2 is 1.87 bits per heavy atom. The fourth-order valence-corrected chi connectivity index (χ4v) is 7.05. The summed E-state index contributed by atoms with van der Waals surface area (Å²) in [5.41, 5.74) is 0.967. The third kappa shape index (κ3) is 11.3. The van der Waals surface area contributed by atoms with E-state index in [9.17, 15) is 19.5 Å². The fourth-order valence-electron chi connectivity index (χ4n) is 6.87. The summed E-state index contributed by atoms with van der Waals surface area (Å²) >= 11 is 4.21. The lowest BCUT2D eigenvalue weighted by Crippen LogP contribution is -2.59. The maximum atomic E-state index is 14.1. The number of carbonyl (C=O) groups excluding carboxylic acids is 3. The molecule has 1 aromatic carbocycles. The van der Waals surface area contributed by atoms with E-state index in [1.165, 1.54) is 7.11 Å². The number of hydrogen-bond acceptors (Lipinski definition) is 9. The second-order valence-electron chi connectivity index (χ2n) is 14.4. The quantitative estimate of drug-likeness (QED) is 0.101. The number of hydrogen-bond donors (Lipinski definition) is 3. The van der Waals surface area contributed by atoms with Gasteiger partial charge in [0, 0.05) is 37.8 Å². The van der Waals surface area contributed by atoms with Crippen LogP contribution < -0.4 is 15.0 Å². The van der Waals surface area contributed by atoms with E-state index in [0.29, 0.717) is 30.8 Å². The number of methoxy groups -OCH3 is 2. The van der Waals surface area contributed by atoms with E-state index >= 15 is 0 Å². The average molecular weight is 747 g/mol. The van der Waals surface area contributed by atoms with E-state index in [1.807, 2.05) is 79.7 Å². The van der Waals surface area contributed by atoms with Crippen LogP contribution in [0.4, 0.5) is 5.69 Å². The van der Waals surface area contributed by atoms with E-state index in [2.05, 4.69) is 24.9 Å². The Hall–Kier alpha value is -2.86. The van der Waals surface area contributed by atoms with Gasteiger partial charge in [0.25, 0.3) is 0 Å². The van der Waals surface area contributed by atoms with Crippen LogP contribution in [0, 0.1) is 17.8 Å². The van der Waals surface area contributed by atoms with Crippen LogP contribution in [0.5, 0.6) is 5.75 Å². The molecule has 10 nitrogen and oxygen atoms in total. The molecule has 2 amide bonds. The monoisotopic (exact) mass is 746 g/mol. The molecule has 52 heavy (non-hydrogen) atoms. The van der Waals surface area contributed by atoms with Crippen molar-refractivity contribution in [1.82, 2.24) is 5.32 Å². The van der Waals surface area contributed by atoms with Crippen LogP contribution in [-0.2, 0) is 41.4 Å². The molecule has 0 saturated carbocycles. The van der Waals surface area contributed by atoms with Gasteiger partial charge in [0.1, 0.15) is 23.6 Å². The number of nitrogens with one attached hydrogen (secondary N) is 1. The molecule has 1 aromatic rings. The number of anilines is 1. The minimum atomic E-state index is -1.73. The smallest absolute Gasteiger partial charge is 0.307 e. The summed E-state index contributed by atoms with van der Waals surface area (Å²) in [6, 6.07) is 4.03. The molecule has 8 unspecified atom stereocenters. The van der Waals surface area contributed by atoms with Gasteiger partial charge < -0.3 is 34.3 Å². The lowest BCUT2D eigenvalue weighted by molar-refractivity contribution is -0.153. The van der Waals surface area contributed by atoms with Gasteiger partial charge in [0.2, 0.25) is 11.8 Å². The van der Waals surface area contributed by atoms with Crippen molar-refractivity contribution in [3.8, 4) is 5.75 Å². The topological polar surface area (TPSA) is 127 Å². The second-order valence-corrected chi connectivity index (χ2v) is 14.8. The molecular formula is C41H66N2O8S. The summed E-state index contributed by atoms with van der Waals surface area (Å²) in [5, 5.41) is 15.1. The molecule has 0 spiro atoms. The Morgan fingerprint density at radius 3 is 2.44 bits per heavy atom. The molecule has 2 bridgehead atoms. The molecule has 0 radical (unpaired) electrons. The molecule has 11 heteroatoms. The number of fused-ring (bicyclic) bond motifs is 3. The van der Waals surface area contributed by atoms with Crippen molar-refractivity contribution < 1.29 is 38.4 Å². The zero-order valence-corrected chi connectivity index (χ0v) is 34.6. The lowest BCUT2D eigenvalue weighted by Gasteiger charge is -2.38. The molecule has 3 rings (SSSR count). The predicted octanol–water partition coefficient (Wildman–Crippen LogP) is 7.00. The Morgan fingerprint density at radius 1 is 1.19 bits per heavy atom. The Balaban J connectivity index is 0.00000460. The average Bonchev–Trinajstić information content (AvgIpc) is 3.81. The molecule has 1 fully saturated rings. The Labute approximate surface area is 318 Å². The van der Waals surface area contributed by atoms with E-state index in [1.54, 1.807) is 25.1 Å². The van der Waals surface area contributed by atoms with Gasteiger partial charge in [-0.2, -0.15) is 12.6 Å². The SMILES string of the molecule is CC.CCCc1c(OC)cc2cc1N(C)C(=O)CC(OC(=O)CCS)C1(C)OC1C(C)C(C)CC(O)(NC(=O)C(C)CC)C(OC)/C=C/C=C(\C)C2. The molecule has 2 heterocycles. The van der Waals surface area contributed by atoms with Crippen molar-refractivity contribution >= 4 is 36.1 Å². The van der Waals surface area contributed by atoms with E-state index in [-0.39, 0.29) is 54.9 Å². The number of ether oxygens (including phenoxy) is 4. The van der Waals surface area contributed by atoms with Crippen molar-refractivity contribution in [3.63, 3.8) is 0 Å². The molecular weight excluding hydrogens is 681 g/mol. The summed E-state index contributed by atoms with van der Waals surface area (Å²) in [6.07, 6.45) is 6.37. The van der Waals surface area contributed by atoms with Gasteiger partial charge in [-0.05, 0) is 62.6 Å². The number of epoxide rings is 1. The molecule has 2 aliphatic rings. The highest BCUT2D eigenvalue weighted by Gasteiger charge is 2.63. The van der Waals surface area contributed by atoms with Crippen molar-refractivity contribution in [3.05, 3.63) is 47.1 Å². The summed E-state index contributed by atoms with van der Waals surface area (Å²) in [7, 11) is 4.89. The number of esters is 1. The van der Waals surface area contributed by atoms with E-state index in [0.717, 1.165) is 28.8 Å². The third-order valence-electron chi connectivity index (χ3n) is 10.5. The molecule has 0 aromatic heterocycles. The van der Waals surface area contributed by atoms with Crippen molar-refractivity contribution in [1.29, 1.82) is 0 Å². The standard InChI is InChI=1S/C39H60N2O8S.C2H6/c1-11-14-29-30-20-28(21-31(29)46-9)19-24(3)15-13-16-32(47-10)39(45,40-37(44)25(4)12-2)23-26(5)27(6)36-38(7,49-36)33(22-34(42)41(30)8)48-35(43)17-18-50;1-2/h13,15-16,20-21,25-27,32-33,36,45,50H,11-12,14,17-19,22-23H2,1-10H3,(H,40,44);1-2H3/b16-13+,24-15+;. The zero-order chi connectivity index (χ0) is 39.4. The number of carbonyl (C=O) groups is 3. The van der Waals surface area contributed by atoms with Crippen LogP contribution in [0.25, 0.3) is 0 Å². The zero-order valence-electron chi connectivity index (χ0n) is 33.7. The van der Waals surface area contributed by atoms with Gasteiger partial charge in [-0.1, -0.05) is 78.7 Å². The summed E-state index contributed by atoms with van der Waals surface area (Å²) in [4.78, 5) is 41.9. The highest BCUT2D eigenvalue weighted by molar-refractivity contribution is 7.80. The van der Waals surface area contributed by atoms with Crippen LogP contribution in [0.3, 0.4) is 0 Å². The first kappa shape index (κ1) is 45.3. The summed E-state index contributed by atoms with van der Waals surface area (Å²) in [5.74, 6) is -0.587. The second kappa shape index (κ2) is 20.6. The minimum absolute atomic E-state index is 0.0927. The minimum Gasteiger partial charge on any atom is -0.496 e. The number of aliphatic hydroxyl groups is 1. The number of rotatable bonds is 10. The number of amides is 2. The summed E-state index contributed by atoms with van der Waals surface area (Å²) < 4.78 is 24.0. The van der Waals surface area contributed by atoms with Gasteiger partial charge in [0.15, 0.2) is 5.72 Å². The number of nitrogens with zero attached hydrogens (tertiary/aromatic N) is 1. The predicted molar refractivity (Wildman–Crippen MR) is 211 cm³/mol. The summed E-state index contributed by atoms with van der Waals surface area (Å²) in [6.45, 7) is 17.7. The number of benzene rings is 1. The Bertz CT molecular complexity index is 1420. The van der Waals surface area contributed by atoms with Crippen molar-refractivity contribution in [2.45, 2.75) is 137 Å². The van der Waals surface area contributed by atoms with Gasteiger partial charge in [-0.25, -0.2) is 0 Å². The molecule has 2 aliphatic heterocycles. The van der Waals surface area contributed by atoms with Crippen LogP contribution >= 0.6 is 12.6 Å². The number of thiol groups is 1. The maximum Gasteiger partial charge on any atom is 0.307 e. The fraction of sp³-hybridized carbons (Fsp3) is 0.683. The first-order chi connectivity index (χ1) is 24.6. The van der Waals surface area contributed by atoms with Crippen molar-refractivity contribution in [2.24, 2.45) is 17.8 Å². The first-order valence-corrected chi connectivity index (χ1v) is 19.6. The first-order valence-electron chi connectivity index (χ1n) is 18.9. The molecule has 0 aliphatic carbocycles. The maximum absolute atomic E-state index is 14.1. The van der Waals surface area contributed by atoms with Gasteiger partial charge in [-0.3, -0.25) is 14.4 Å². The van der Waals surface area contributed by atoms with Gasteiger partial charge in [0.05, 0.1) is 31.7 Å². The van der Waals surface area contributed by atoms with Crippen LogP contribution in [-0.4, -0.2) is 79.5 Å². The lowest BCUT2D eigenvalue weighted by atomic mass is 9.79. The van der Waals surface area contributed by atoms with Crippen LogP contribution in [0.2, 0.25) is 0 Å².